The second kappa shape index (κ2) is 10.4. The van der Waals surface area contributed by atoms with Gasteiger partial charge in [0.2, 0.25) is 0 Å². The van der Waals surface area contributed by atoms with E-state index in [0.29, 0.717) is 11.1 Å². The van der Waals surface area contributed by atoms with Crippen molar-refractivity contribution in [2.24, 2.45) is 0 Å². The van der Waals surface area contributed by atoms with Crippen molar-refractivity contribution in [2.75, 3.05) is 0 Å². The van der Waals surface area contributed by atoms with E-state index in [4.69, 9.17) is 0 Å². The third-order valence-electron chi connectivity index (χ3n) is 5.37. The Kier molecular flexibility index (Phi) is 7.28. The summed E-state index contributed by atoms with van der Waals surface area (Å²) in [7, 11) is 0. The molecule has 0 radical (unpaired) electrons. The fourth-order valence-electron chi connectivity index (χ4n) is 3.56. The largest absolute Gasteiger partial charge is 0.458 e. The number of halogens is 8. The topological polar surface area (TPSA) is 0 Å². The molecule has 0 aliphatic rings. The van der Waals surface area contributed by atoms with Gasteiger partial charge in [-0.15, -0.1) is 0 Å². The van der Waals surface area contributed by atoms with Gasteiger partial charge in [-0.1, -0.05) is 42.0 Å². The molecule has 0 bridgehead atoms. The van der Waals surface area contributed by atoms with Crippen LogP contribution in [0.2, 0.25) is 0 Å². The molecule has 4 rings (SSSR count). The van der Waals surface area contributed by atoms with E-state index in [1.54, 1.807) is 13.0 Å². The summed E-state index contributed by atoms with van der Waals surface area (Å²) in [5.74, 6) is 2.36. The lowest BCUT2D eigenvalue weighted by Gasteiger charge is -2.06. The molecule has 4 aromatic carbocycles. The van der Waals surface area contributed by atoms with Gasteiger partial charge in [-0.2, -0.15) is 13.2 Å². The SMILES string of the molecule is Cc1ccc(C#Cc2cc(F)c(/C=C/c3ccc4c(F)c(C#CC(F)(F)F)c(F)cc4c3)c(F)c2)c(F)c1. The highest BCUT2D eigenvalue weighted by molar-refractivity contribution is 5.88. The highest BCUT2D eigenvalue weighted by Gasteiger charge is 2.24. The Morgan fingerprint density at radius 2 is 1.39 bits per heavy atom. The molecular formula is C30H14F8. The van der Waals surface area contributed by atoms with Gasteiger partial charge >= 0.3 is 6.18 Å². The van der Waals surface area contributed by atoms with E-state index in [-0.39, 0.29) is 21.9 Å². The van der Waals surface area contributed by atoms with E-state index < -0.39 is 46.4 Å². The first-order valence-electron chi connectivity index (χ1n) is 10.9. The van der Waals surface area contributed by atoms with Crippen molar-refractivity contribution in [3.63, 3.8) is 0 Å². The molecule has 4 aromatic rings. The van der Waals surface area contributed by atoms with Crippen LogP contribution >= 0.6 is 0 Å². The minimum absolute atomic E-state index is 0.00890. The van der Waals surface area contributed by atoms with Crippen LogP contribution in [0.25, 0.3) is 22.9 Å². The van der Waals surface area contributed by atoms with Crippen LogP contribution in [0.3, 0.4) is 0 Å². The molecule has 0 amide bonds. The summed E-state index contributed by atoms with van der Waals surface area (Å²) >= 11 is 0. The Morgan fingerprint density at radius 1 is 0.684 bits per heavy atom. The summed E-state index contributed by atoms with van der Waals surface area (Å²) in [5.41, 5.74) is -0.365. The Balaban J connectivity index is 1.62. The van der Waals surface area contributed by atoms with Gasteiger partial charge in [0, 0.05) is 22.4 Å². The quantitative estimate of drug-likeness (QED) is 0.140. The molecule has 0 aliphatic carbocycles. The van der Waals surface area contributed by atoms with Crippen LogP contribution in [-0.2, 0) is 0 Å². The lowest BCUT2D eigenvalue weighted by atomic mass is 10.0. The predicted octanol–water partition coefficient (Wildman–Crippen LogP) is 8.33. The Labute approximate surface area is 212 Å². The van der Waals surface area contributed by atoms with Gasteiger partial charge in [0.25, 0.3) is 0 Å². The molecule has 0 saturated carbocycles. The van der Waals surface area contributed by atoms with E-state index in [0.717, 1.165) is 30.2 Å². The maximum atomic E-state index is 14.6. The first-order chi connectivity index (χ1) is 17.9. The van der Waals surface area contributed by atoms with Crippen molar-refractivity contribution < 1.29 is 35.1 Å². The lowest BCUT2D eigenvalue weighted by molar-refractivity contribution is -0.0696. The fourth-order valence-corrected chi connectivity index (χ4v) is 3.56. The van der Waals surface area contributed by atoms with Crippen molar-refractivity contribution in [2.45, 2.75) is 13.1 Å². The molecule has 0 atom stereocenters. The van der Waals surface area contributed by atoms with Crippen molar-refractivity contribution in [3.8, 4) is 23.7 Å². The van der Waals surface area contributed by atoms with Gasteiger partial charge in [-0.3, -0.25) is 0 Å². The van der Waals surface area contributed by atoms with Gasteiger partial charge in [-0.05, 0) is 65.9 Å². The third-order valence-corrected chi connectivity index (χ3v) is 5.37. The summed E-state index contributed by atoms with van der Waals surface area (Å²) in [6.45, 7) is 1.71. The zero-order valence-electron chi connectivity index (χ0n) is 19.4. The first kappa shape index (κ1) is 26.5. The van der Waals surface area contributed by atoms with Gasteiger partial charge in [0.1, 0.15) is 29.1 Å². The normalized spacial score (nSPS) is 11.3. The molecule has 0 unspecified atom stereocenters. The molecule has 190 valence electrons. The van der Waals surface area contributed by atoms with E-state index >= 15 is 0 Å². The Bertz CT molecular complexity index is 1700. The van der Waals surface area contributed by atoms with Crippen molar-refractivity contribution in [1.29, 1.82) is 0 Å². The first-order valence-corrected chi connectivity index (χ1v) is 10.9. The lowest BCUT2D eigenvalue weighted by Crippen LogP contribution is -2.02. The summed E-state index contributed by atoms with van der Waals surface area (Å²) in [5, 5.41) is -0.171. The predicted molar refractivity (Wildman–Crippen MR) is 129 cm³/mol. The number of alkyl halides is 3. The van der Waals surface area contributed by atoms with Crippen LogP contribution in [0.5, 0.6) is 0 Å². The number of rotatable bonds is 2. The van der Waals surface area contributed by atoms with Crippen LogP contribution in [0.1, 0.15) is 33.4 Å². The van der Waals surface area contributed by atoms with Crippen LogP contribution in [0.4, 0.5) is 35.1 Å². The third kappa shape index (κ3) is 6.04. The highest BCUT2D eigenvalue weighted by atomic mass is 19.4. The molecule has 0 spiro atoms. The Morgan fingerprint density at radius 3 is 2.05 bits per heavy atom. The van der Waals surface area contributed by atoms with Gasteiger partial charge in [0.15, 0.2) is 0 Å². The van der Waals surface area contributed by atoms with Crippen LogP contribution in [0, 0.1) is 59.7 Å². The number of aryl methyl sites for hydroxylation is 1. The van der Waals surface area contributed by atoms with Gasteiger partial charge in [-0.25, -0.2) is 22.0 Å². The zero-order chi connectivity index (χ0) is 27.6. The van der Waals surface area contributed by atoms with Crippen LogP contribution in [-0.4, -0.2) is 6.18 Å². The number of hydrogen-bond acceptors (Lipinski definition) is 0. The van der Waals surface area contributed by atoms with E-state index in [1.165, 1.54) is 42.3 Å². The monoisotopic (exact) mass is 526 g/mol. The maximum Gasteiger partial charge on any atom is 0.458 e. The molecule has 0 N–H and O–H groups in total. The standard InChI is InChI=1S/C30H14F8/c1-17-2-6-20(25(31)12-17)7-3-19-14-26(32)23(27(33)15-19)9-5-18-4-8-22-21(13-18)16-28(34)24(29(22)35)10-11-30(36,37)38/h2,4-6,8-9,12-16H,1H3/b9-5+. The van der Waals surface area contributed by atoms with Crippen molar-refractivity contribution >= 4 is 22.9 Å². The van der Waals surface area contributed by atoms with Gasteiger partial charge < -0.3 is 0 Å². The van der Waals surface area contributed by atoms with E-state index in [2.05, 4.69) is 11.8 Å². The number of benzene rings is 4. The van der Waals surface area contributed by atoms with Crippen molar-refractivity contribution in [3.05, 3.63) is 117 Å². The summed E-state index contributed by atoms with van der Waals surface area (Å²) in [4.78, 5) is 0. The molecule has 0 fully saturated rings. The van der Waals surface area contributed by atoms with E-state index in [1.807, 2.05) is 0 Å². The molecule has 8 heteroatoms. The second-order valence-electron chi connectivity index (χ2n) is 8.20. The maximum absolute atomic E-state index is 14.6. The zero-order valence-corrected chi connectivity index (χ0v) is 19.4. The smallest absolute Gasteiger partial charge is 0.206 e. The van der Waals surface area contributed by atoms with E-state index in [9.17, 15) is 35.1 Å². The van der Waals surface area contributed by atoms with Crippen molar-refractivity contribution in [1.82, 2.24) is 0 Å². The molecule has 0 saturated heterocycles. The molecule has 0 nitrogen and oxygen atoms in total. The molecule has 0 aliphatic heterocycles. The number of hydrogen-bond donors (Lipinski definition) is 0. The minimum Gasteiger partial charge on any atom is -0.206 e. The summed E-state index contributed by atoms with van der Waals surface area (Å²) in [6, 6.07) is 11.0. The average molecular weight is 526 g/mol. The summed E-state index contributed by atoms with van der Waals surface area (Å²) < 4.78 is 109. The van der Waals surface area contributed by atoms with Gasteiger partial charge in [0.05, 0.1) is 11.1 Å². The van der Waals surface area contributed by atoms with Crippen LogP contribution < -0.4 is 0 Å². The highest BCUT2D eigenvalue weighted by Crippen LogP contribution is 2.26. The molecule has 0 heterocycles. The Hall–Kier alpha value is -4.56. The molecular weight excluding hydrogens is 512 g/mol. The summed E-state index contributed by atoms with van der Waals surface area (Å²) in [6.07, 6.45) is -2.52. The second-order valence-corrected chi connectivity index (χ2v) is 8.20. The molecule has 38 heavy (non-hydrogen) atoms. The van der Waals surface area contributed by atoms with Crippen LogP contribution in [0.15, 0.2) is 54.6 Å². The molecule has 0 aromatic heterocycles. The number of fused-ring (bicyclic) bond motifs is 1. The fraction of sp³-hybridized carbons (Fsp3) is 0.0667. The minimum atomic E-state index is -4.92. The average Bonchev–Trinajstić information content (AvgIpc) is 2.82.